The van der Waals surface area contributed by atoms with E-state index < -0.39 is 5.97 Å². The molecule has 6 heteroatoms. The molecule has 0 saturated heterocycles. The number of carboxylic acid groups (broad SMARTS) is 1. The summed E-state index contributed by atoms with van der Waals surface area (Å²) in [6.07, 6.45) is 0.525. The van der Waals surface area contributed by atoms with Crippen LogP contribution in [0, 0.1) is 27.7 Å². The molecule has 0 heterocycles. The maximum Gasteiger partial charge on any atom is 0.305 e. The van der Waals surface area contributed by atoms with Crippen molar-refractivity contribution >= 4 is 11.9 Å². The molecule has 0 bridgehead atoms. The molecule has 0 spiro atoms. The lowest BCUT2D eigenvalue weighted by Gasteiger charge is -2.19. The SMILES string of the molecule is CCC(Oc1ccc(C(=O)NCCC(=O)O)cc1)c1ccc(OCc2c(C)c(C)cc(C)c2C)cc1. The van der Waals surface area contributed by atoms with E-state index >= 15 is 0 Å². The first kappa shape index (κ1) is 26.8. The topological polar surface area (TPSA) is 84.9 Å². The third-order valence-corrected chi connectivity index (χ3v) is 6.55. The molecule has 0 fully saturated rings. The van der Waals surface area contributed by atoms with Crippen LogP contribution in [0.2, 0.25) is 0 Å². The summed E-state index contributed by atoms with van der Waals surface area (Å²) in [6, 6.07) is 17.1. The molecule has 3 aromatic carbocycles. The van der Waals surface area contributed by atoms with Gasteiger partial charge in [-0.15, -0.1) is 0 Å². The summed E-state index contributed by atoms with van der Waals surface area (Å²) in [5.41, 5.74) is 7.85. The molecular formula is C30H35NO5. The predicted octanol–water partition coefficient (Wildman–Crippen LogP) is 6.23. The predicted molar refractivity (Wildman–Crippen MR) is 141 cm³/mol. The summed E-state index contributed by atoms with van der Waals surface area (Å²) in [6.45, 7) is 11.2. The number of hydrogen-bond acceptors (Lipinski definition) is 4. The Morgan fingerprint density at radius 1 is 0.889 bits per heavy atom. The van der Waals surface area contributed by atoms with Crippen LogP contribution >= 0.6 is 0 Å². The number of nitrogens with one attached hydrogen (secondary N) is 1. The van der Waals surface area contributed by atoms with Crippen molar-refractivity contribution in [3.8, 4) is 11.5 Å². The van der Waals surface area contributed by atoms with Crippen molar-refractivity contribution in [1.29, 1.82) is 0 Å². The van der Waals surface area contributed by atoms with Gasteiger partial charge >= 0.3 is 5.97 Å². The molecule has 0 saturated carbocycles. The molecule has 0 radical (unpaired) electrons. The highest BCUT2D eigenvalue weighted by atomic mass is 16.5. The van der Waals surface area contributed by atoms with Gasteiger partial charge in [0.05, 0.1) is 6.42 Å². The number of amides is 1. The highest BCUT2D eigenvalue weighted by molar-refractivity contribution is 5.94. The van der Waals surface area contributed by atoms with Gasteiger partial charge in [-0.1, -0.05) is 25.1 Å². The number of benzene rings is 3. The van der Waals surface area contributed by atoms with Gasteiger partial charge in [0.15, 0.2) is 0 Å². The maximum absolute atomic E-state index is 12.1. The van der Waals surface area contributed by atoms with Crippen molar-refractivity contribution < 1.29 is 24.2 Å². The fourth-order valence-corrected chi connectivity index (χ4v) is 4.07. The van der Waals surface area contributed by atoms with E-state index in [4.69, 9.17) is 14.6 Å². The van der Waals surface area contributed by atoms with Gasteiger partial charge in [0.1, 0.15) is 24.2 Å². The smallest absolute Gasteiger partial charge is 0.305 e. The Morgan fingerprint density at radius 3 is 2.03 bits per heavy atom. The minimum atomic E-state index is -0.948. The molecule has 0 aromatic heterocycles. The van der Waals surface area contributed by atoms with E-state index in [1.807, 2.05) is 24.3 Å². The van der Waals surface area contributed by atoms with Gasteiger partial charge in [-0.2, -0.15) is 0 Å². The molecule has 1 unspecified atom stereocenters. The van der Waals surface area contributed by atoms with Crippen molar-refractivity contribution in [3.05, 3.63) is 93.5 Å². The first-order chi connectivity index (χ1) is 17.2. The minimum absolute atomic E-state index is 0.0912. The Morgan fingerprint density at radius 2 is 1.47 bits per heavy atom. The zero-order chi connectivity index (χ0) is 26.2. The summed E-state index contributed by atoms with van der Waals surface area (Å²) >= 11 is 0. The number of hydrogen-bond donors (Lipinski definition) is 2. The molecule has 0 aliphatic carbocycles. The molecular weight excluding hydrogens is 454 g/mol. The highest BCUT2D eigenvalue weighted by Crippen LogP contribution is 2.28. The zero-order valence-electron chi connectivity index (χ0n) is 21.7. The molecule has 6 nitrogen and oxygen atoms in total. The summed E-state index contributed by atoms with van der Waals surface area (Å²) in [7, 11) is 0. The Balaban J connectivity index is 1.60. The van der Waals surface area contributed by atoms with Crippen molar-refractivity contribution in [2.75, 3.05) is 6.54 Å². The van der Waals surface area contributed by atoms with Gasteiger partial charge in [-0.3, -0.25) is 9.59 Å². The molecule has 190 valence electrons. The summed E-state index contributed by atoms with van der Waals surface area (Å²) < 4.78 is 12.3. The van der Waals surface area contributed by atoms with Gasteiger partial charge in [-0.05, 0) is 104 Å². The standard InChI is InChI=1S/C30H35NO5/c1-6-28(36-26-13-9-24(10-14-26)30(34)31-16-15-29(32)33)23-7-11-25(12-8-23)35-18-27-21(4)19(2)17-20(3)22(27)5/h7-14,17,28H,6,15-16,18H2,1-5H3,(H,31,34)(H,32,33). The summed E-state index contributed by atoms with van der Waals surface area (Å²) in [4.78, 5) is 22.7. The van der Waals surface area contributed by atoms with Gasteiger partial charge in [0, 0.05) is 12.1 Å². The fourth-order valence-electron chi connectivity index (χ4n) is 4.07. The average molecular weight is 490 g/mol. The number of aryl methyl sites for hydroxylation is 2. The highest BCUT2D eigenvalue weighted by Gasteiger charge is 2.14. The second-order valence-corrected chi connectivity index (χ2v) is 9.04. The van der Waals surface area contributed by atoms with E-state index in [1.54, 1.807) is 24.3 Å². The second-order valence-electron chi connectivity index (χ2n) is 9.04. The lowest BCUT2D eigenvalue weighted by atomic mass is 9.95. The lowest BCUT2D eigenvalue weighted by molar-refractivity contribution is -0.136. The van der Waals surface area contributed by atoms with Gasteiger partial charge in [0.25, 0.3) is 5.91 Å². The fraction of sp³-hybridized carbons (Fsp3) is 0.333. The number of carbonyl (C=O) groups is 2. The molecule has 0 aliphatic rings. The maximum atomic E-state index is 12.1. The molecule has 3 aromatic rings. The minimum Gasteiger partial charge on any atom is -0.489 e. The average Bonchev–Trinajstić information content (AvgIpc) is 2.86. The van der Waals surface area contributed by atoms with Crippen LogP contribution in [0.3, 0.4) is 0 Å². The van der Waals surface area contributed by atoms with Gasteiger partial charge < -0.3 is 19.9 Å². The van der Waals surface area contributed by atoms with Crippen LogP contribution in [0.15, 0.2) is 54.6 Å². The molecule has 2 N–H and O–H groups in total. The Bertz CT molecular complexity index is 1170. The zero-order valence-corrected chi connectivity index (χ0v) is 21.7. The summed E-state index contributed by atoms with van der Waals surface area (Å²) in [5, 5.41) is 11.3. The van der Waals surface area contributed by atoms with Crippen LogP contribution in [-0.4, -0.2) is 23.5 Å². The molecule has 0 aliphatic heterocycles. The van der Waals surface area contributed by atoms with E-state index in [0.717, 1.165) is 17.7 Å². The third-order valence-electron chi connectivity index (χ3n) is 6.55. The second kappa shape index (κ2) is 12.2. The third kappa shape index (κ3) is 6.87. The van der Waals surface area contributed by atoms with Crippen molar-refractivity contribution in [2.24, 2.45) is 0 Å². The van der Waals surface area contributed by atoms with Crippen molar-refractivity contribution in [1.82, 2.24) is 5.32 Å². The number of aliphatic carboxylic acids is 1. The van der Waals surface area contributed by atoms with E-state index in [-0.39, 0.29) is 25.0 Å². The van der Waals surface area contributed by atoms with Gasteiger partial charge in [0.2, 0.25) is 0 Å². The first-order valence-electron chi connectivity index (χ1n) is 12.2. The number of carbonyl (C=O) groups excluding carboxylic acids is 1. The Kier molecular flexibility index (Phi) is 9.12. The molecule has 1 atom stereocenters. The number of rotatable bonds is 11. The van der Waals surface area contributed by atoms with Crippen LogP contribution < -0.4 is 14.8 Å². The summed E-state index contributed by atoms with van der Waals surface area (Å²) in [5.74, 6) is 0.210. The largest absolute Gasteiger partial charge is 0.489 e. The van der Waals surface area contributed by atoms with Crippen LogP contribution in [0.1, 0.15) is 69.6 Å². The van der Waals surface area contributed by atoms with E-state index in [9.17, 15) is 9.59 Å². The van der Waals surface area contributed by atoms with Crippen LogP contribution in [0.25, 0.3) is 0 Å². The normalized spacial score (nSPS) is 11.6. The van der Waals surface area contributed by atoms with Crippen LogP contribution in [0.5, 0.6) is 11.5 Å². The van der Waals surface area contributed by atoms with E-state index in [0.29, 0.717) is 17.9 Å². The molecule has 1 amide bonds. The van der Waals surface area contributed by atoms with Crippen LogP contribution in [0.4, 0.5) is 0 Å². The van der Waals surface area contributed by atoms with E-state index in [2.05, 4.69) is 46.0 Å². The Labute approximate surface area is 213 Å². The number of carboxylic acids is 1. The van der Waals surface area contributed by atoms with Crippen molar-refractivity contribution in [2.45, 2.75) is 60.2 Å². The quantitative estimate of drug-likeness (QED) is 0.333. The first-order valence-corrected chi connectivity index (χ1v) is 12.2. The molecule has 36 heavy (non-hydrogen) atoms. The van der Waals surface area contributed by atoms with Crippen molar-refractivity contribution in [3.63, 3.8) is 0 Å². The monoisotopic (exact) mass is 489 g/mol. The Hall–Kier alpha value is -3.80. The van der Waals surface area contributed by atoms with Crippen LogP contribution in [-0.2, 0) is 11.4 Å². The lowest BCUT2D eigenvalue weighted by Crippen LogP contribution is -2.25. The van der Waals surface area contributed by atoms with Gasteiger partial charge in [-0.25, -0.2) is 0 Å². The molecule has 3 rings (SSSR count). The number of ether oxygens (including phenoxy) is 2. The van der Waals surface area contributed by atoms with E-state index in [1.165, 1.54) is 27.8 Å².